The van der Waals surface area contributed by atoms with Crippen molar-refractivity contribution >= 4 is 23.1 Å². The number of Topliss-reactive ketones (excluding diaryl/α,β-unsaturated/α-hetero) is 1. The maximum atomic E-state index is 12.8. The predicted molar refractivity (Wildman–Crippen MR) is 145 cm³/mol. The third kappa shape index (κ3) is 6.66. The van der Waals surface area contributed by atoms with E-state index in [-0.39, 0.29) is 23.0 Å². The third-order valence-electron chi connectivity index (χ3n) is 6.58. The molecule has 3 aromatic carbocycles. The monoisotopic (exact) mass is 488 g/mol. The Morgan fingerprint density at radius 1 is 0.806 bits per heavy atom. The molecule has 0 atom stereocenters. The fourth-order valence-corrected chi connectivity index (χ4v) is 3.42. The van der Waals surface area contributed by atoms with Gasteiger partial charge in [-0.05, 0) is 93.4 Å². The first-order chi connectivity index (χ1) is 16.9. The lowest BCUT2D eigenvalue weighted by Crippen LogP contribution is -2.29. The number of carbonyl (C=O) groups excluding carboxylic acids is 2. The number of hydrogen-bond donors (Lipinski definition) is 3. The van der Waals surface area contributed by atoms with Crippen molar-refractivity contribution < 1.29 is 19.4 Å². The van der Waals surface area contributed by atoms with Gasteiger partial charge >= 0.3 is 0 Å². The van der Waals surface area contributed by atoms with Gasteiger partial charge in [0.1, 0.15) is 17.2 Å². The minimum absolute atomic E-state index is 0.00703. The van der Waals surface area contributed by atoms with Gasteiger partial charge in [-0.25, -0.2) is 0 Å². The summed E-state index contributed by atoms with van der Waals surface area (Å²) < 4.78 is 5.88. The van der Waals surface area contributed by atoms with E-state index < -0.39 is 5.41 Å². The first-order valence-electron chi connectivity index (χ1n) is 12.3. The van der Waals surface area contributed by atoms with Gasteiger partial charge in [-0.2, -0.15) is 0 Å². The van der Waals surface area contributed by atoms with Crippen molar-refractivity contribution in [3.8, 4) is 17.2 Å². The van der Waals surface area contributed by atoms with Crippen molar-refractivity contribution in [1.82, 2.24) is 0 Å². The highest BCUT2D eigenvalue weighted by molar-refractivity contribution is 6.05. The molecule has 0 aliphatic carbocycles. The normalized spacial score (nSPS) is 11.6. The van der Waals surface area contributed by atoms with E-state index >= 15 is 0 Å². The maximum Gasteiger partial charge on any atom is 0.255 e. The van der Waals surface area contributed by atoms with Crippen LogP contribution in [-0.4, -0.2) is 22.3 Å². The average molecular weight is 489 g/mol. The minimum Gasteiger partial charge on any atom is -0.506 e. The molecule has 0 aliphatic rings. The summed E-state index contributed by atoms with van der Waals surface area (Å²) in [4.78, 5) is 25.4. The van der Waals surface area contributed by atoms with Crippen LogP contribution in [0.1, 0.15) is 75.1 Å². The van der Waals surface area contributed by atoms with Crippen LogP contribution in [0.5, 0.6) is 17.2 Å². The first kappa shape index (κ1) is 26.8. The zero-order valence-electron chi connectivity index (χ0n) is 21.9. The van der Waals surface area contributed by atoms with Gasteiger partial charge < -0.3 is 20.5 Å². The van der Waals surface area contributed by atoms with Gasteiger partial charge in [0, 0.05) is 27.8 Å². The fraction of sp³-hybridized carbons (Fsp3) is 0.333. The molecule has 36 heavy (non-hydrogen) atoms. The van der Waals surface area contributed by atoms with Crippen LogP contribution in [0.3, 0.4) is 0 Å². The molecule has 190 valence electrons. The molecule has 6 heteroatoms. The van der Waals surface area contributed by atoms with Crippen LogP contribution in [0.15, 0.2) is 66.7 Å². The number of anilines is 2. The highest BCUT2D eigenvalue weighted by Crippen LogP contribution is 2.30. The molecule has 0 bridgehead atoms. The second-order valence-corrected chi connectivity index (χ2v) is 10.3. The van der Waals surface area contributed by atoms with E-state index in [0.717, 1.165) is 18.5 Å². The molecule has 0 aliphatic heterocycles. The molecule has 0 unspecified atom stereocenters. The molecule has 0 fully saturated rings. The summed E-state index contributed by atoms with van der Waals surface area (Å²) in [6, 6.07) is 18.9. The number of benzene rings is 3. The van der Waals surface area contributed by atoms with E-state index in [1.807, 2.05) is 20.8 Å². The van der Waals surface area contributed by atoms with Crippen molar-refractivity contribution in [3.05, 3.63) is 77.9 Å². The Balaban J connectivity index is 1.66. The van der Waals surface area contributed by atoms with Gasteiger partial charge in [0.05, 0.1) is 5.69 Å². The topological polar surface area (TPSA) is 87.7 Å². The molecule has 0 saturated carbocycles. The van der Waals surface area contributed by atoms with Crippen LogP contribution < -0.4 is 15.4 Å². The lowest BCUT2D eigenvalue weighted by atomic mass is 9.82. The summed E-state index contributed by atoms with van der Waals surface area (Å²) in [5.41, 5.74) is 1.71. The number of ketones is 1. The summed E-state index contributed by atoms with van der Waals surface area (Å²) in [6.45, 7) is 12.2. The molecule has 0 aromatic heterocycles. The van der Waals surface area contributed by atoms with Gasteiger partial charge in [-0.1, -0.05) is 27.7 Å². The number of amides is 1. The van der Waals surface area contributed by atoms with Crippen molar-refractivity contribution in [3.63, 3.8) is 0 Å². The number of carbonyl (C=O) groups is 2. The van der Waals surface area contributed by atoms with E-state index in [1.165, 1.54) is 0 Å². The van der Waals surface area contributed by atoms with Crippen molar-refractivity contribution in [2.75, 3.05) is 10.6 Å². The van der Waals surface area contributed by atoms with E-state index in [4.69, 9.17) is 4.74 Å². The van der Waals surface area contributed by atoms with E-state index in [9.17, 15) is 14.7 Å². The second kappa shape index (κ2) is 10.9. The summed E-state index contributed by atoms with van der Waals surface area (Å²) >= 11 is 0. The van der Waals surface area contributed by atoms with Gasteiger partial charge in [-0.3, -0.25) is 9.59 Å². The largest absolute Gasteiger partial charge is 0.506 e. The van der Waals surface area contributed by atoms with Crippen LogP contribution in [0.25, 0.3) is 0 Å². The number of nitrogens with one attached hydrogen (secondary N) is 2. The van der Waals surface area contributed by atoms with Gasteiger partial charge in [0.25, 0.3) is 5.91 Å². The Bertz CT molecular complexity index is 1210. The van der Waals surface area contributed by atoms with Crippen LogP contribution in [-0.2, 0) is 0 Å². The molecule has 6 nitrogen and oxygen atoms in total. The molecule has 0 radical (unpaired) electrons. The smallest absolute Gasteiger partial charge is 0.255 e. The van der Waals surface area contributed by atoms with Crippen LogP contribution in [0.2, 0.25) is 0 Å². The van der Waals surface area contributed by atoms with Crippen LogP contribution in [0.4, 0.5) is 11.4 Å². The van der Waals surface area contributed by atoms with E-state index in [0.29, 0.717) is 28.3 Å². The standard InChI is InChI=1S/C30H36N2O4/c1-7-29(3,4)27(34)20-9-14-23(15-10-20)36-24-16-11-21(12-17-24)28(35)31-25-19-22(13-18-26(25)33)32-30(5,6)8-2/h9-19,32-33H,7-8H2,1-6H3,(H,31,35). The molecule has 3 N–H and O–H groups in total. The summed E-state index contributed by atoms with van der Waals surface area (Å²) in [6.07, 6.45) is 1.69. The molecule has 0 saturated heterocycles. The van der Waals surface area contributed by atoms with Gasteiger partial charge in [0.2, 0.25) is 0 Å². The Labute approximate surface area is 213 Å². The Morgan fingerprint density at radius 3 is 1.89 bits per heavy atom. The summed E-state index contributed by atoms with van der Waals surface area (Å²) in [5.74, 6) is 0.920. The number of aromatic hydroxyl groups is 1. The Kier molecular flexibility index (Phi) is 8.08. The quantitative estimate of drug-likeness (QED) is 0.155. The second-order valence-electron chi connectivity index (χ2n) is 10.3. The molecular weight excluding hydrogens is 452 g/mol. The minimum atomic E-state index is -0.403. The number of phenolic OH excluding ortho intramolecular Hbond substituents is 1. The van der Waals surface area contributed by atoms with Gasteiger partial charge in [0.15, 0.2) is 5.78 Å². The molecule has 3 aromatic rings. The molecular formula is C30H36N2O4. The molecule has 0 spiro atoms. The molecule has 1 amide bonds. The molecule has 0 heterocycles. The number of phenols is 1. The average Bonchev–Trinajstić information content (AvgIpc) is 2.86. The highest BCUT2D eigenvalue weighted by Gasteiger charge is 2.26. The van der Waals surface area contributed by atoms with Crippen LogP contribution >= 0.6 is 0 Å². The number of ether oxygens (including phenoxy) is 1. The fourth-order valence-electron chi connectivity index (χ4n) is 3.42. The van der Waals surface area contributed by atoms with Crippen LogP contribution in [0, 0.1) is 5.41 Å². The summed E-state index contributed by atoms with van der Waals surface area (Å²) in [7, 11) is 0. The van der Waals surface area contributed by atoms with E-state index in [2.05, 4.69) is 31.4 Å². The van der Waals surface area contributed by atoms with E-state index in [1.54, 1.807) is 66.7 Å². The van der Waals surface area contributed by atoms with Gasteiger partial charge in [-0.15, -0.1) is 0 Å². The van der Waals surface area contributed by atoms with Crippen molar-refractivity contribution in [1.29, 1.82) is 0 Å². The zero-order chi connectivity index (χ0) is 26.5. The third-order valence-corrected chi connectivity index (χ3v) is 6.58. The highest BCUT2D eigenvalue weighted by atomic mass is 16.5. The van der Waals surface area contributed by atoms with Crippen molar-refractivity contribution in [2.45, 2.75) is 59.9 Å². The lowest BCUT2D eigenvalue weighted by Gasteiger charge is -2.26. The predicted octanol–water partition coefficient (Wildman–Crippen LogP) is 7.66. The number of rotatable bonds is 10. The lowest BCUT2D eigenvalue weighted by molar-refractivity contribution is 0.0832. The SMILES string of the molecule is CCC(C)(C)Nc1ccc(O)c(NC(=O)c2ccc(Oc3ccc(C(=O)C(C)(C)CC)cc3)cc2)c1. The molecule has 3 rings (SSSR count). The summed E-state index contributed by atoms with van der Waals surface area (Å²) in [5, 5.41) is 16.4. The first-order valence-corrected chi connectivity index (χ1v) is 12.3. The number of hydrogen-bond acceptors (Lipinski definition) is 5. The zero-order valence-corrected chi connectivity index (χ0v) is 21.9. The maximum absolute atomic E-state index is 12.8. The van der Waals surface area contributed by atoms with Crippen molar-refractivity contribution in [2.24, 2.45) is 5.41 Å². The Hall–Kier alpha value is -3.80. The Morgan fingerprint density at radius 2 is 1.36 bits per heavy atom.